The van der Waals surface area contributed by atoms with Crippen molar-refractivity contribution in [2.24, 2.45) is 0 Å². The van der Waals surface area contributed by atoms with Crippen LogP contribution in [0.5, 0.6) is 5.75 Å². The highest BCUT2D eigenvalue weighted by Crippen LogP contribution is 2.31. The summed E-state index contributed by atoms with van der Waals surface area (Å²) in [5.41, 5.74) is 6.26. The second kappa shape index (κ2) is 6.81. The molecular weight excluding hydrogens is 342 g/mol. The third kappa shape index (κ3) is 3.13. The summed E-state index contributed by atoms with van der Waals surface area (Å²) in [6, 6.07) is 7.43. The molecule has 9 heteroatoms. The molecule has 0 amide bonds. The van der Waals surface area contributed by atoms with E-state index in [0.29, 0.717) is 23.1 Å². The van der Waals surface area contributed by atoms with E-state index >= 15 is 0 Å². The van der Waals surface area contributed by atoms with Crippen molar-refractivity contribution in [1.29, 1.82) is 0 Å². The van der Waals surface area contributed by atoms with Crippen molar-refractivity contribution in [3.63, 3.8) is 0 Å². The van der Waals surface area contributed by atoms with Crippen molar-refractivity contribution in [3.05, 3.63) is 50.5 Å². The van der Waals surface area contributed by atoms with Crippen LogP contribution in [-0.4, -0.2) is 21.6 Å². The number of anilines is 3. The Bertz CT molecular complexity index is 1020. The fourth-order valence-corrected chi connectivity index (χ4v) is 3.17. The fraction of sp³-hybridized carbons (Fsp3) is 0.188. The maximum absolute atomic E-state index is 12.2. The molecule has 2 aromatic heterocycles. The molecule has 1 aromatic carbocycles. The van der Waals surface area contributed by atoms with Crippen LogP contribution in [-0.2, 0) is 6.54 Å². The highest BCUT2D eigenvalue weighted by Gasteiger charge is 2.16. The molecule has 0 bridgehead atoms. The Labute approximate surface area is 146 Å². The van der Waals surface area contributed by atoms with E-state index in [4.69, 9.17) is 10.5 Å². The number of ether oxygens (including phenoxy) is 1. The van der Waals surface area contributed by atoms with Gasteiger partial charge in [-0.2, -0.15) is 0 Å². The van der Waals surface area contributed by atoms with Crippen LogP contribution in [0.1, 0.15) is 6.92 Å². The van der Waals surface area contributed by atoms with Gasteiger partial charge in [0.1, 0.15) is 17.1 Å². The van der Waals surface area contributed by atoms with Gasteiger partial charge in [-0.25, -0.2) is 9.78 Å². The number of nitrogens with one attached hydrogen (secondary N) is 2. The monoisotopic (exact) mass is 359 g/mol. The lowest BCUT2D eigenvalue weighted by atomic mass is 10.2. The highest BCUT2D eigenvalue weighted by atomic mass is 32.1. The van der Waals surface area contributed by atoms with E-state index < -0.39 is 11.2 Å². The second-order valence-corrected chi connectivity index (χ2v) is 5.99. The maximum atomic E-state index is 12.2. The quantitative estimate of drug-likeness (QED) is 0.642. The van der Waals surface area contributed by atoms with Crippen molar-refractivity contribution in [1.82, 2.24) is 14.5 Å². The minimum atomic E-state index is -0.554. The number of nitrogens with two attached hydrogens (primary N) is 1. The first kappa shape index (κ1) is 16.8. The molecule has 0 aliphatic heterocycles. The Kier molecular flexibility index (Phi) is 4.57. The summed E-state index contributed by atoms with van der Waals surface area (Å²) < 4.78 is 6.59. The van der Waals surface area contributed by atoms with Crippen LogP contribution in [0.25, 0.3) is 11.3 Å². The third-order valence-corrected chi connectivity index (χ3v) is 4.42. The average Bonchev–Trinajstić information content (AvgIpc) is 3.03. The molecule has 0 radical (unpaired) electrons. The first-order chi connectivity index (χ1) is 12.0. The Morgan fingerprint density at radius 1 is 1.36 bits per heavy atom. The molecule has 0 spiro atoms. The molecule has 0 aliphatic rings. The van der Waals surface area contributed by atoms with E-state index in [9.17, 15) is 9.59 Å². The minimum absolute atomic E-state index is 0.102. The lowest BCUT2D eigenvalue weighted by Crippen LogP contribution is -2.32. The van der Waals surface area contributed by atoms with Gasteiger partial charge in [-0.3, -0.25) is 14.3 Å². The van der Waals surface area contributed by atoms with Gasteiger partial charge in [0.15, 0.2) is 5.13 Å². The molecule has 4 N–H and O–H groups in total. The molecule has 8 nitrogen and oxygen atoms in total. The van der Waals surface area contributed by atoms with Crippen molar-refractivity contribution in [2.45, 2.75) is 13.5 Å². The van der Waals surface area contributed by atoms with Gasteiger partial charge >= 0.3 is 5.69 Å². The van der Waals surface area contributed by atoms with Gasteiger partial charge in [0.05, 0.1) is 18.5 Å². The Balaban J connectivity index is 2.00. The van der Waals surface area contributed by atoms with Crippen molar-refractivity contribution >= 4 is 28.0 Å². The topological polar surface area (TPSA) is 115 Å². The number of para-hydroxylation sites is 2. The number of hydrogen-bond acceptors (Lipinski definition) is 7. The summed E-state index contributed by atoms with van der Waals surface area (Å²) in [7, 11) is 1.59. The van der Waals surface area contributed by atoms with E-state index in [0.717, 1.165) is 5.69 Å². The number of thiazole rings is 1. The molecule has 0 aliphatic carbocycles. The zero-order valence-electron chi connectivity index (χ0n) is 13.7. The molecule has 3 aromatic rings. The summed E-state index contributed by atoms with van der Waals surface area (Å²) in [5.74, 6) is 0.779. The maximum Gasteiger partial charge on any atom is 0.329 e. The van der Waals surface area contributed by atoms with E-state index in [1.54, 1.807) is 19.4 Å². The molecule has 0 atom stereocenters. The van der Waals surface area contributed by atoms with Crippen molar-refractivity contribution in [3.8, 4) is 17.0 Å². The van der Waals surface area contributed by atoms with Gasteiger partial charge in [-0.15, -0.1) is 11.3 Å². The molecule has 0 saturated carbocycles. The SMILES string of the molecule is CCn1c(N)c(-c2csc(Nc3ccccc3OC)n2)c(=O)[nH]c1=O. The number of methoxy groups -OCH3 is 1. The fourth-order valence-electron chi connectivity index (χ4n) is 2.46. The van der Waals surface area contributed by atoms with Gasteiger partial charge in [0.25, 0.3) is 5.56 Å². The first-order valence-corrected chi connectivity index (χ1v) is 8.41. The first-order valence-electron chi connectivity index (χ1n) is 7.53. The molecule has 130 valence electrons. The van der Waals surface area contributed by atoms with E-state index in [-0.39, 0.29) is 11.4 Å². The van der Waals surface area contributed by atoms with Crippen molar-refractivity contribution in [2.75, 3.05) is 18.2 Å². The van der Waals surface area contributed by atoms with Gasteiger partial charge < -0.3 is 15.8 Å². The van der Waals surface area contributed by atoms with E-state index in [1.807, 2.05) is 24.3 Å². The Hall–Kier alpha value is -3.07. The van der Waals surface area contributed by atoms with E-state index in [2.05, 4.69) is 15.3 Å². The number of hydrogen-bond donors (Lipinski definition) is 3. The smallest absolute Gasteiger partial charge is 0.329 e. The number of nitrogen functional groups attached to an aromatic ring is 1. The van der Waals surface area contributed by atoms with Gasteiger partial charge in [-0.05, 0) is 19.1 Å². The molecule has 0 fully saturated rings. The lowest BCUT2D eigenvalue weighted by Gasteiger charge is -2.09. The Morgan fingerprint density at radius 3 is 2.84 bits per heavy atom. The molecule has 0 unspecified atom stereocenters. The number of benzene rings is 1. The number of rotatable bonds is 5. The highest BCUT2D eigenvalue weighted by molar-refractivity contribution is 7.14. The minimum Gasteiger partial charge on any atom is -0.495 e. The predicted molar refractivity (Wildman–Crippen MR) is 98.8 cm³/mol. The summed E-state index contributed by atoms with van der Waals surface area (Å²) in [6.45, 7) is 2.13. The summed E-state index contributed by atoms with van der Waals surface area (Å²) in [4.78, 5) is 30.6. The number of aromatic nitrogens is 3. The van der Waals surface area contributed by atoms with Crippen LogP contribution >= 0.6 is 11.3 Å². The normalized spacial score (nSPS) is 10.6. The molecule has 3 rings (SSSR count). The predicted octanol–water partition coefficient (Wildman–Crippen LogP) is 2.01. The van der Waals surface area contributed by atoms with Crippen LogP contribution in [0, 0.1) is 0 Å². The zero-order valence-corrected chi connectivity index (χ0v) is 14.5. The van der Waals surface area contributed by atoms with Crippen LogP contribution < -0.4 is 27.0 Å². The van der Waals surface area contributed by atoms with Gasteiger partial charge in [0.2, 0.25) is 0 Å². The van der Waals surface area contributed by atoms with Crippen molar-refractivity contribution < 1.29 is 4.74 Å². The molecule has 2 heterocycles. The number of aromatic amines is 1. The summed E-state index contributed by atoms with van der Waals surface area (Å²) in [6.07, 6.45) is 0. The zero-order chi connectivity index (χ0) is 18.0. The largest absolute Gasteiger partial charge is 0.495 e. The molecule has 0 saturated heterocycles. The standard InChI is InChI=1S/C16H17N5O3S/c1-3-21-13(17)12(14(22)20-16(21)23)10-8-25-15(19-10)18-9-6-4-5-7-11(9)24-2/h4-8H,3,17H2,1-2H3,(H,18,19)(H,20,22,23). The molecular formula is C16H17N5O3S. The van der Waals surface area contributed by atoms with Crippen LogP contribution in [0.4, 0.5) is 16.6 Å². The average molecular weight is 359 g/mol. The van der Waals surface area contributed by atoms with Gasteiger partial charge in [-0.1, -0.05) is 12.1 Å². The van der Waals surface area contributed by atoms with E-state index in [1.165, 1.54) is 15.9 Å². The molecule has 25 heavy (non-hydrogen) atoms. The number of nitrogens with zero attached hydrogens (tertiary/aromatic N) is 2. The number of H-pyrrole nitrogens is 1. The Morgan fingerprint density at radius 2 is 2.12 bits per heavy atom. The lowest BCUT2D eigenvalue weighted by molar-refractivity contribution is 0.417. The van der Waals surface area contributed by atoms with Crippen LogP contribution in [0.15, 0.2) is 39.2 Å². The summed E-state index contributed by atoms with van der Waals surface area (Å²) >= 11 is 1.32. The second-order valence-electron chi connectivity index (χ2n) is 5.13. The van der Waals surface area contributed by atoms with Crippen LogP contribution in [0.2, 0.25) is 0 Å². The third-order valence-electron chi connectivity index (χ3n) is 3.66. The summed E-state index contributed by atoms with van der Waals surface area (Å²) in [5, 5.41) is 5.44. The van der Waals surface area contributed by atoms with Crippen LogP contribution in [0.3, 0.4) is 0 Å². The van der Waals surface area contributed by atoms with Gasteiger partial charge in [0, 0.05) is 11.9 Å².